The molecule has 0 aliphatic heterocycles. The lowest BCUT2D eigenvalue weighted by Crippen LogP contribution is -2.27. The Kier molecular flexibility index (Phi) is 3.09. The maximum atomic E-state index is 11.7. The number of hydrogen-bond donors (Lipinski definition) is 1. The molecule has 1 N–H and O–H groups in total. The molecule has 5 nitrogen and oxygen atoms in total. The predicted octanol–water partition coefficient (Wildman–Crippen LogP) is 2.04. The van der Waals surface area contributed by atoms with Gasteiger partial charge in [0.2, 0.25) is 5.52 Å². The zero-order chi connectivity index (χ0) is 12.3. The van der Waals surface area contributed by atoms with Crippen molar-refractivity contribution in [3.63, 3.8) is 0 Å². The average Bonchev–Trinajstić information content (AvgIpc) is 2.29. The summed E-state index contributed by atoms with van der Waals surface area (Å²) in [7, 11) is 0. The third-order valence-electron chi connectivity index (χ3n) is 2.30. The van der Waals surface area contributed by atoms with Gasteiger partial charge in [-0.25, -0.2) is 4.79 Å². The lowest BCUT2D eigenvalue weighted by molar-refractivity contribution is -0.576. The Morgan fingerprint density at radius 3 is 2.94 bits per heavy atom. The van der Waals surface area contributed by atoms with E-state index in [1.807, 2.05) is 0 Å². The lowest BCUT2D eigenvalue weighted by Gasteiger charge is -2.08. The Morgan fingerprint density at radius 1 is 1.41 bits per heavy atom. The van der Waals surface area contributed by atoms with Crippen LogP contribution < -0.4 is 10.0 Å². The number of rotatable bonds is 2. The second kappa shape index (κ2) is 4.69. The fraction of sp³-hybridized carbons (Fsp3) is 0.167. The van der Waals surface area contributed by atoms with Crippen LogP contribution in [0.5, 0.6) is 0 Å². The highest BCUT2D eigenvalue weighted by molar-refractivity contribution is 5.96. The average molecular weight is 232 g/mol. The number of benzene rings is 1. The van der Waals surface area contributed by atoms with Crippen molar-refractivity contribution >= 4 is 22.7 Å². The first-order valence-electron chi connectivity index (χ1n) is 5.27. The molecule has 0 aliphatic rings. The van der Waals surface area contributed by atoms with Crippen LogP contribution in [-0.4, -0.2) is 12.7 Å². The van der Waals surface area contributed by atoms with Gasteiger partial charge in [-0.15, -0.1) is 0 Å². The normalized spacial score (nSPS) is 10.2. The molecule has 0 saturated heterocycles. The highest BCUT2D eigenvalue weighted by Gasteiger charge is 2.12. The van der Waals surface area contributed by atoms with E-state index in [1.165, 1.54) is 6.20 Å². The predicted molar refractivity (Wildman–Crippen MR) is 63.6 cm³/mol. The van der Waals surface area contributed by atoms with Gasteiger partial charge in [-0.1, -0.05) is 6.07 Å². The standard InChI is InChI=1S/C12H12N2O3/c1-2-17-12(15)13-10-7-3-5-9-6-4-8-14(16)11(9)10/h3-8H,2H2,1H3,(H,13,15). The SMILES string of the molecule is CCOC(=O)Nc1cccc2ccc[n+]([O-])c12. The van der Waals surface area contributed by atoms with Crippen molar-refractivity contribution < 1.29 is 14.3 Å². The van der Waals surface area contributed by atoms with Crippen molar-refractivity contribution in [2.75, 3.05) is 11.9 Å². The van der Waals surface area contributed by atoms with Gasteiger partial charge in [-0.3, -0.25) is 5.32 Å². The van der Waals surface area contributed by atoms with Crippen molar-refractivity contribution in [3.05, 3.63) is 41.7 Å². The molecule has 0 radical (unpaired) electrons. The molecule has 2 aromatic rings. The molecule has 0 saturated carbocycles. The van der Waals surface area contributed by atoms with Gasteiger partial charge in [-0.05, 0) is 25.1 Å². The van der Waals surface area contributed by atoms with Gasteiger partial charge in [0.15, 0.2) is 6.20 Å². The number of pyridine rings is 1. The summed E-state index contributed by atoms with van der Waals surface area (Å²) in [6.07, 6.45) is 0.822. The van der Waals surface area contributed by atoms with Gasteiger partial charge in [0.05, 0.1) is 6.61 Å². The van der Waals surface area contributed by atoms with E-state index in [1.54, 1.807) is 37.3 Å². The summed E-state index contributed by atoms with van der Waals surface area (Å²) in [6.45, 7) is 2.00. The highest BCUT2D eigenvalue weighted by Crippen LogP contribution is 2.19. The van der Waals surface area contributed by atoms with Crippen LogP contribution in [0.15, 0.2) is 36.5 Å². The van der Waals surface area contributed by atoms with Crippen molar-refractivity contribution in [2.24, 2.45) is 0 Å². The number of carbonyl (C=O) groups is 1. The fourth-order valence-electron chi connectivity index (χ4n) is 1.62. The van der Waals surface area contributed by atoms with E-state index >= 15 is 0 Å². The number of hydrogen-bond acceptors (Lipinski definition) is 3. The van der Waals surface area contributed by atoms with Crippen LogP contribution in [0.1, 0.15) is 6.92 Å². The number of fused-ring (bicyclic) bond motifs is 1. The molecule has 0 fully saturated rings. The van der Waals surface area contributed by atoms with E-state index in [9.17, 15) is 10.0 Å². The van der Waals surface area contributed by atoms with Gasteiger partial charge in [-0.2, -0.15) is 4.73 Å². The van der Waals surface area contributed by atoms with Crippen LogP contribution in [0.3, 0.4) is 0 Å². The first-order valence-corrected chi connectivity index (χ1v) is 5.27. The first kappa shape index (κ1) is 11.2. The minimum Gasteiger partial charge on any atom is -0.618 e. The zero-order valence-electron chi connectivity index (χ0n) is 9.34. The van der Waals surface area contributed by atoms with Crippen LogP contribution in [-0.2, 0) is 4.74 Å². The van der Waals surface area contributed by atoms with E-state index in [0.717, 1.165) is 10.1 Å². The van der Waals surface area contributed by atoms with E-state index in [0.29, 0.717) is 11.2 Å². The van der Waals surface area contributed by atoms with Gasteiger partial charge < -0.3 is 9.94 Å². The summed E-state index contributed by atoms with van der Waals surface area (Å²) in [5, 5.41) is 15.0. The topological polar surface area (TPSA) is 65.3 Å². The molecule has 1 heterocycles. The number of para-hydroxylation sites is 1. The third kappa shape index (κ3) is 2.28. The Labute approximate surface area is 98.2 Å². The number of carbonyl (C=O) groups excluding carboxylic acids is 1. The summed E-state index contributed by atoms with van der Waals surface area (Å²) in [6, 6.07) is 8.70. The highest BCUT2D eigenvalue weighted by atomic mass is 16.5. The molecular formula is C12H12N2O3. The largest absolute Gasteiger partial charge is 0.618 e. The molecule has 88 valence electrons. The summed E-state index contributed by atoms with van der Waals surface area (Å²) in [5.74, 6) is 0. The molecule has 2 rings (SSSR count). The summed E-state index contributed by atoms with van der Waals surface area (Å²) < 4.78 is 5.49. The summed E-state index contributed by atoms with van der Waals surface area (Å²) in [4.78, 5) is 11.3. The van der Waals surface area contributed by atoms with Crippen molar-refractivity contribution in [3.8, 4) is 0 Å². The van der Waals surface area contributed by atoms with Crippen LogP contribution in [0.2, 0.25) is 0 Å². The number of amides is 1. The minimum absolute atomic E-state index is 0.286. The van der Waals surface area contributed by atoms with Crippen LogP contribution >= 0.6 is 0 Å². The van der Waals surface area contributed by atoms with Crippen molar-refractivity contribution in [1.82, 2.24) is 0 Å². The number of ether oxygens (including phenoxy) is 1. The zero-order valence-corrected chi connectivity index (χ0v) is 9.34. The summed E-state index contributed by atoms with van der Waals surface area (Å²) >= 11 is 0. The molecule has 17 heavy (non-hydrogen) atoms. The van der Waals surface area contributed by atoms with Gasteiger partial charge in [0.1, 0.15) is 5.69 Å². The second-order valence-corrected chi connectivity index (χ2v) is 3.42. The third-order valence-corrected chi connectivity index (χ3v) is 2.30. The van der Waals surface area contributed by atoms with Gasteiger partial charge >= 0.3 is 6.09 Å². The Bertz CT molecular complexity index is 549. The number of nitrogens with zero attached hydrogens (tertiary/aromatic N) is 1. The molecule has 0 bridgehead atoms. The molecule has 1 aromatic heterocycles. The van der Waals surface area contributed by atoms with E-state index in [2.05, 4.69) is 5.32 Å². The Morgan fingerprint density at radius 2 is 2.18 bits per heavy atom. The van der Waals surface area contributed by atoms with Crippen molar-refractivity contribution in [2.45, 2.75) is 6.92 Å². The molecular weight excluding hydrogens is 220 g/mol. The maximum absolute atomic E-state index is 11.7. The first-order chi connectivity index (χ1) is 8.22. The number of aromatic nitrogens is 1. The van der Waals surface area contributed by atoms with Crippen LogP contribution in [0.4, 0.5) is 10.5 Å². The van der Waals surface area contributed by atoms with Gasteiger partial charge in [0, 0.05) is 11.5 Å². The quantitative estimate of drug-likeness (QED) is 0.636. The molecule has 1 aromatic carbocycles. The molecule has 0 unspecified atom stereocenters. The Hall–Kier alpha value is -2.30. The second-order valence-electron chi connectivity index (χ2n) is 3.42. The van der Waals surface area contributed by atoms with E-state index in [-0.39, 0.29) is 6.61 Å². The lowest BCUT2D eigenvalue weighted by atomic mass is 10.2. The van der Waals surface area contributed by atoms with Gasteiger partial charge in [0.25, 0.3) is 0 Å². The minimum atomic E-state index is -0.566. The smallest absolute Gasteiger partial charge is 0.411 e. The maximum Gasteiger partial charge on any atom is 0.411 e. The van der Waals surface area contributed by atoms with E-state index < -0.39 is 6.09 Å². The Balaban J connectivity index is 2.43. The molecule has 5 heteroatoms. The fourth-order valence-corrected chi connectivity index (χ4v) is 1.62. The molecule has 1 amide bonds. The van der Waals surface area contributed by atoms with Crippen LogP contribution in [0, 0.1) is 5.21 Å². The molecule has 0 atom stereocenters. The summed E-state index contributed by atoms with van der Waals surface area (Å²) in [5.41, 5.74) is 0.861. The molecule has 0 aliphatic carbocycles. The monoisotopic (exact) mass is 232 g/mol. The number of nitrogens with one attached hydrogen (secondary N) is 1. The van der Waals surface area contributed by atoms with Crippen molar-refractivity contribution in [1.29, 1.82) is 0 Å². The molecule has 0 spiro atoms. The van der Waals surface area contributed by atoms with E-state index in [4.69, 9.17) is 4.74 Å². The number of anilines is 1. The van der Waals surface area contributed by atoms with Crippen LogP contribution in [0.25, 0.3) is 10.9 Å².